The number of aryl methyl sites for hydroxylation is 1. The molecule has 0 fully saturated rings. The smallest absolute Gasteiger partial charge is 0.314 e. The van der Waals surface area contributed by atoms with Gasteiger partial charge in [-0.15, -0.1) is 0 Å². The van der Waals surface area contributed by atoms with Gasteiger partial charge in [-0.25, -0.2) is 0 Å². The Morgan fingerprint density at radius 2 is 1.57 bits per heavy atom. The van der Waals surface area contributed by atoms with Crippen molar-refractivity contribution in [2.75, 3.05) is 32.0 Å². The van der Waals surface area contributed by atoms with Crippen LogP contribution in [-0.4, -0.2) is 49.2 Å². The number of amides is 2. The number of carbonyl (C=O) groups excluding carboxylic acids is 2. The molecule has 0 bridgehead atoms. The van der Waals surface area contributed by atoms with Gasteiger partial charge in [0.15, 0.2) is 11.5 Å². The van der Waals surface area contributed by atoms with Crippen LogP contribution in [0.15, 0.2) is 56.8 Å². The Morgan fingerprint density at radius 1 is 0.872 bits per heavy atom. The molecule has 1 aliphatic rings. The zero-order chi connectivity index (χ0) is 34.0. The monoisotopic (exact) mass is 643 g/mol. The Kier molecular flexibility index (Phi) is 9.36. The summed E-state index contributed by atoms with van der Waals surface area (Å²) in [5.41, 5.74) is 2.21. The fraction of sp³-hybridized carbons (Fsp3) is 0.324. The minimum absolute atomic E-state index is 0.176. The molecule has 246 valence electrons. The predicted molar refractivity (Wildman–Crippen MR) is 179 cm³/mol. The Labute approximate surface area is 269 Å². The van der Waals surface area contributed by atoms with Gasteiger partial charge in [-0.1, -0.05) is 19.9 Å². The summed E-state index contributed by atoms with van der Waals surface area (Å²) < 4.78 is 17.1. The van der Waals surface area contributed by atoms with Crippen LogP contribution in [0.2, 0.25) is 0 Å². The van der Waals surface area contributed by atoms with E-state index in [2.05, 4.69) is 25.9 Å². The molecular formula is C34H37N5O8. The normalized spacial score (nSPS) is 14.3. The largest absolute Gasteiger partial charge is 0.493 e. The van der Waals surface area contributed by atoms with Crippen molar-refractivity contribution in [2.24, 2.45) is 5.92 Å². The number of hydrogen-bond donors (Lipinski definition) is 5. The minimum Gasteiger partial charge on any atom is -0.493 e. The van der Waals surface area contributed by atoms with Gasteiger partial charge >= 0.3 is 11.1 Å². The van der Waals surface area contributed by atoms with Crippen molar-refractivity contribution in [2.45, 2.75) is 45.7 Å². The second-order valence-corrected chi connectivity index (χ2v) is 11.6. The third-order valence-corrected chi connectivity index (χ3v) is 8.17. The van der Waals surface area contributed by atoms with Crippen molar-refractivity contribution in [1.29, 1.82) is 0 Å². The van der Waals surface area contributed by atoms with E-state index >= 15 is 0 Å². The number of aromatic amines is 2. The molecule has 2 atom stereocenters. The lowest BCUT2D eigenvalue weighted by molar-refractivity contribution is -0.120. The van der Waals surface area contributed by atoms with Crippen molar-refractivity contribution < 1.29 is 23.8 Å². The summed E-state index contributed by atoms with van der Waals surface area (Å²) in [6, 6.07) is 10.1. The number of rotatable bonds is 9. The van der Waals surface area contributed by atoms with Gasteiger partial charge in [-0.2, -0.15) is 0 Å². The first-order valence-corrected chi connectivity index (χ1v) is 15.1. The second-order valence-electron chi connectivity index (χ2n) is 11.6. The molecule has 47 heavy (non-hydrogen) atoms. The van der Waals surface area contributed by atoms with E-state index in [1.807, 2.05) is 19.9 Å². The summed E-state index contributed by atoms with van der Waals surface area (Å²) >= 11 is 0. The summed E-state index contributed by atoms with van der Waals surface area (Å²) in [4.78, 5) is 68.1. The fourth-order valence-corrected chi connectivity index (χ4v) is 5.94. The molecule has 13 nitrogen and oxygen atoms in total. The molecule has 0 spiro atoms. The van der Waals surface area contributed by atoms with Crippen LogP contribution in [0.4, 0.5) is 11.4 Å². The number of ether oxygens (including phenoxy) is 3. The maximum absolute atomic E-state index is 13.8. The molecule has 3 aromatic carbocycles. The van der Waals surface area contributed by atoms with Crippen molar-refractivity contribution in [3.63, 3.8) is 0 Å². The molecule has 1 aliphatic carbocycles. The number of anilines is 2. The number of carbonyl (C=O) groups is 2. The van der Waals surface area contributed by atoms with Crippen LogP contribution in [0.3, 0.4) is 0 Å². The van der Waals surface area contributed by atoms with Crippen LogP contribution in [0.1, 0.15) is 44.4 Å². The number of benzene rings is 2. The zero-order valence-corrected chi connectivity index (χ0v) is 27.0. The maximum Gasteiger partial charge on any atom is 0.314 e. The number of nitrogens with one attached hydrogen (secondary N) is 5. The highest BCUT2D eigenvalue weighted by molar-refractivity contribution is 5.98. The number of fused-ring (bicyclic) bond motifs is 4. The van der Waals surface area contributed by atoms with Crippen molar-refractivity contribution in [3.8, 4) is 28.4 Å². The van der Waals surface area contributed by atoms with Gasteiger partial charge in [0, 0.05) is 18.2 Å². The average molecular weight is 644 g/mol. The molecule has 13 heteroatoms. The van der Waals surface area contributed by atoms with Crippen molar-refractivity contribution >= 4 is 34.2 Å². The highest BCUT2D eigenvalue weighted by atomic mass is 16.5. The molecule has 1 aromatic heterocycles. The van der Waals surface area contributed by atoms with Crippen molar-refractivity contribution in [1.82, 2.24) is 15.3 Å². The van der Waals surface area contributed by atoms with Gasteiger partial charge in [-0.3, -0.25) is 24.0 Å². The van der Waals surface area contributed by atoms with Gasteiger partial charge in [0.2, 0.25) is 23.0 Å². The van der Waals surface area contributed by atoms with E-state index in [4.69, 9.17) is 14.2 Å². The molecule has 4 aromatic rings. The van der Waals surface area contributed by atoms with Gasteiger partial charge in [0.1, 0.15) is 6.04 Å². The quantitative estimate of drug-likeness (QED) is 0.171. The molecule has 2 unspecified atom stereocenters. The van der Waals surface area contributed by atoms with Gasteiger partial charge in [-0.05, 0) is 71.8 Å². The first-order chi connectivity index (χ1) is 22.4. The molecule has 1 heterocycles. The number of hydrogen-bond acceptors (Lipinski definition) is 9. The van der Waals surface area contributed by atoms with Crippen LogP contribution in [0.5, 0.6) is 17.2 Å². The van der Waals surface area contributed by atoms with Gasteiger partial charge in [0.05, 0.1) is 44.1 Å². The summed E-state index contributed by atoms with van der Waals surface area (Å²) in [5.74, 6) is 0.404. The Bertz CT molecular complexity index is 2050. The first kappa shape index (κ1) is 32.8. The lowest BCUT2D eigenvalue weighted by atomic mass is 9.95. The topological polar surface area (TPSA) is 181 Å². The summed E-state index contributed by atoms with van der Waals surface area (Å²) in [6.07, 6.45) is 1.06. The molecule has 2 amide bonds. The van der Waals surface area contributed by atoms with Gasteiger partial charge < -0.3 is 40.1 Å². The summed E-state index contributed by atoms with van der Waals surface area (Å²) in [7, 11) is 4.59. The third-order valence-electron chi connectivity index (χ3n) is 8.17. The molecule has 0 radical (unpaired) electrons. The Balaban J connectivity index is 1.57. The number of H-pyrrole nitrogens is 2. The SMILES string of the molecule is COc1cc2c(c(OC)c1OC)-c1ccc(NC(C(=O)Nc3ccc4[nH]c(=O)c(=O)[nH]c4c3)C(C)C)c(=O)cc1C(NC(C)=O)CC2. The highest BCUT2D eigenvalue weighted by Crippen LogP contribution is 2.50. The lowest BCUT2D eigenvalue weighted by Gasteiger charge is -2.22. The summed E-state index contributed by atoms with van der Waals surface area (Å²) in [5, 5.41) is 8.95. The molecule has 0 saturated carbocycles. The number of methoxy groups -OCH3 is 3. The maximum atomic E-state index is 13.8. The second kappa shape index (κ2) is 13.4. The summed E-state index contributed by atoms with van der Waals surface area (Å²) in [6.45, 7) is 5.11. The van der Waals surface area contributed by atoms with Crippen molar-refractivity contribution in [3.05, 3.63) is 84.5 Å². The highest BCUT2D eigenvalue weighted by Gasteiger charge is 2.30. The average Bonchev–Trinajstić information content (AvgIpc) is 3.27. The standard InChI is InChI=1S/C34H37N5O8/c1-16(2)29(32(42)36-19-8-11-23-25(14-19)39-34(44)33(43)38-23)37-24-12-9-20-21(15-26(24)41)22(35-17(3)40)10-7-18-13-27(45-4)30(46-5)31(47-6)28(18)20/h8-9,11-16,22,29H,7,10H2,1-6H3,(H,35,40)(H,36,42)(H,37,41)(H,38,43)(H,39,44). The predicted octanol–water partition coefficient (Wildman–Crippen LogP) is 3.47. The molecule has 5 N–H and O–H groups in total. The Morgan fingerprint density at radius 3 is 2.21 bits per heavy atom. The number of aromatic nitrogens is 2. The van der Waals surface area contributed by atoms with E-state index in [0.717, 1.165) is 5.56 Å². The lowest BCUT2D eigenvalue weighted by Crippen LogP contribution is -2.40. The molecule has 5 rings (SSSR count). The van der Waals surface area contributed by atoms with E-state index in [1.54, 1.807) is 31.4 Å². The third kappa shape index (κ3) is 6.55. The zero-order valence-electron chi connectivity index (χ0n) is 27.0. The van der Waals surface area contributed by atoms with Crippen LogP contribution in [0.25, 0.3) is 22.2 Å². The van der Waals surface area contributed by atoms with Crippen LogP contribution >= 0.6 is 0 Å². The Hall–Kier alpha value is -5.59. The molecule has 0 saturated heterocycles. The van der Waals surface area contributed by atoms with Crippen LogP contribution in [-0.2, 0) is 16.0 Å². The van der Waals surface area contributed by atoms with E-state index in [1.165, 1.54) is 33.3 Å². The van der Waals surface area contributed by atoms with E-state index in [0.29, 0.717) is 63.5 Å². The van der Waals surface area contributed by atoms with Crippen LogP contribution < -0.4 is 46.7 Å². The van der Waals surface area contributed by atoms with E-state index < -0.39 is 29.1 Å². The van der Waals surface area contributed by atoms with Gasteiger partial charge in [0.25, 0.3) is 0 Å². The van der Waals surface area contributed by atoms with E-state index in [-0.39, 0.29) is 22.9 Å². The first-order valence-electron chi connectivity index (χ1n) is 15.1. The molecule has 0 aliphatic heterocycles. The fourth-order valence-electron chi connectivity index (χ4n) is 5.94. The minimum atomic E-state index is -0.840. The molecular weight excluding hydrogens is 606 g/mol. The van der Waals surface area contributed by atoms with Crippen LogP contribution in [0, 0.1) is 5.92 Å². The van der Waals surface area contributed by atoms with E-state index in [9.17, 15) is 24.0 Å².